The molecule has 1 fully saturated rings. The number of hydrogen-bond acceptors (Lipinski definition) is 3. The Morgan fingerprint density at radius 2 is 1.91 bits per heavy atom. The van der Waals surface area contributed by atoms with E-state index in [9.17, 15) is 9.59 Å². The highest BCUT2D eigenvalue weighted by atomic mass is 16.6. The lowest BCUT2D eigenvalue weighted by Crippen LogP contribution is -2.30. The van der Waals surface area contributed by atoms with Crippen LogP contribution < -0.4 is 5.32 Å². The number of nitrogens with one attached hydrogen (secondary N) is 1. The lowest BCUT2D eigenvalue weighted by Gasteiger charge is -2.22. The van der Waals surface area contributed by atoms with Crippen molar-refractivity contribution in [2.45, 2.75) is 64.5 Å². The fraction of sp³-hybridized carbons (Fsp3) is 0.556. The van der Waals surface area contributed by atoms with Gasteiger partial charge in [-0.05, 0) is 39.7 Å². The third-order valence-corrected chi connectivity index (χ3v) is 3.82. The van der Waals surface area contributed by atoms with Crippen LogP contribution in [0.25, 0.3) is 0 Å². The first-order valence-electron chi connectivity index (χ1n) is 7.82. The van der Waals surface area contributed by atoms with Gasteiger partial charge in [0.1, 0.15) is 5.60 Å². The Morgan fingerprint density at radius 1 is 1.27 bits per heavy atom. The first kappa shape index (κ1) is 16.5. The highest BCUT2D eigenvalue weighted by Gasteiger charge is 2.33. The second kappa shape index (κ2) is 6.51. The molecule has 1 aromatic carbocycles. The van der Waals surface area contributed by atoms with Crippen LogP contribution in [-0.4, -0.2) is 23.5 Å². The summed E-state index contributed by atoms with van der Waals surface area (Å²) in [7, 11) is 0. The van der Waals surface area contributed by atoms with Crippen molar-refractivity contribution in [2.24, 2.45) is 0 Å². The molecule has 2 atom stereocenters. The third-order valence-electron chi connectivity index (χ3n) is 3.82. The average molecular weight is 303 g/mol. The second-order valence-electron chi connectivity index (χ2n) is 7.02. The van der Waals surface area contributed by atoms with Crippen LogP contribution in [0.1, 0.15) is 57.1 Å². The summed E-state index contributed by atoms with van der Waals surface area (Å²) >= 11 is 0. The minimum absolute atomic E-state index is 0.00252. The summed E-state index contributed by atoms with van der Waals surface area (Å²) in [5.41, 5.74) is 1.89. The Bertz CT molecular complexity index is 542. The molecule has 1 aromatic rings. The molecule has 1 saturated heterocycles. The molecular weight excluding hydrogens is 278 g/mol. The summed E-state index contributed by atoms with van der Waals surface area (Å²) in [5.74, 6) is -0.0217. The fourth-order valence-electron chi connectivity index (χ4n) is 2.81. The van der Waals surface area contributed by atoms with Crippen molar-refractivity contribution >= 4 is 11.9 Å². The number of benzene rings is 1. The summed E-state index contributed by atoms with van der Waals surface area (Å²) in [4.78, 5) is 23.6. The van der Waals surface area contributed by atoms with Gasteiger partial charge < -0.3 is 10.1 Å². The van der Waals surface area contributed by atoms with Crippen molar-refractivity contribution in [3.8, 4) is 0 Å². The van der Waals surface area contributed by atoms with Gasteiger partial charge in [0, 0.05) is 24.8 Å². The van der Waals surface area contributed by atoms with E-state index in [1.54, 1.807) is 0 Å². The topological polar surface area (TPSA) is 55.4 Å². The number of carbonyl (C=O) groups excluding carboxylic acids is 2. The molecule has 4 nitrogen and oxygen atoms in total. The molecule has 22 heavy (non-hydrogen) atoms. The van der Waals surface area contributed by atoms with Crippen molar-refractivity contribution < 1.29 is 14.3 Å². The molecule has 1 heterocycles. The molecule has 0 spiro atoms. The minimum atomic E-state index is -0.466. The van der Waals surface area contributed by atoms with Crippen molar-refractivity contribution in [3.63, 3.8) is 0 Å². The van der Waals surface area contributed by atoms with E-state index in [1.165, 1.54) is 5.56 Å². The van der Waals surface area contributed by atoms with Crippen LogP contribution in [0.3, 0.4) is 0 Å². The first-order valence-corrected chi connectivity index (χ1v) is 7.82. The van der Waals surface area contributed by atoms with Gasteiger partial charge in [0.05, 0.1) is 0 Å². The van der Waals surface area contributed by atoms with Crippen molar-refractivity contribution in [1.82, 2.24) is 5.32 Å². The van der Waals surface area contributed by atoms with Crippen LogP contribution in [0.15, 0.2) is 24.3 Å². The first-order chi connectivity index (χ1) is 10.2. The van der Waals surface area contributed by atoms with Gasteiger partial charge in [-0.3, -0.25) is 9.59 Å². The number of aryl methyl sites for hydroxylation is 1. The summed E-state index contributed by atoms with van der Waals surface area (Å²) in [5, 5.41) is 2.99. The molecule has 2 unspecified atom stereocenters. The van der Waals surface area contributed by atoms with E-state index in [0.29, 0.717) is 19.3 Å². The van der Waals surface area contributed by atoms with Crippen LogP contribution in [0.5, 0.6) is 0 Å². The maximum Gasteiger partial charge on any atom is 0.306 e. The van der Waals surface area contributed by atoms with Gasteiger partial charge in [0.25, 0.3) is 0 Å². The Hall–Kier alpha value is -1.84. The van der Waals surface area contributed by atoms with Crippen molar-refractivity contribution in [2.75, 3.05) is 0 Å². The van der Waals surface area contributed by atoms with Crippen LogP contribution in [0.4, 0.5) is 0 Å². The summed E-state index contributed by atoms with van der Waals surface area (Å²) in [6, 6.07) is 8.26. The molecule has 120 valence electrons. The minimum Gasteiger partial charge on any atom is -0.460 e. The van der Waals surface area contributed by atoms with Crippen molar-refractivity contribution in [1.29, 1.82) is 0 Å². The Balaban J connectivity index is 1.98. The van der Waals surface area contributed by atoms with Gasteiger partial charge in [0.2, 0.25) is 5.91 Å². The molecule has 0 aromatic heterocycles. The molecule has 0 radical (unpaired) electrons. The quantitative estimate of drug-likeness (QED) is 0.870. The predicted molar refractivity (Wildman–Crippen MR) is 85.5 cm³/mol. The zero-order valence-electron chi connectivity index (χ0n) is 13.8. The number of rotatable bonds is 4. The molecule has 0 saturated carbocycles. The van der Waals surface area contributed by atoms with E-state index in [0.717, 1.165) is 5.56 Å². The van der Waals surface area contributed by atoms with Crippen LogP contribution in [0, 0.1) is 6.92 Å². The van der Waals surface area contributed by atoms with E-state index < -0.39 is 5.60 Å². The van der Waals surface area contributed by atoms with E-state index in [1.807, 2.05) is 27.7 Å². The third kappa shape index (κ3) is 4.58. The van der Waals surface area contributed by atoms with Crippen LogP contribution in [0.2, 0.25) is 0 Å². The second-order valence-corrected chi connectivity index (χ2v) is 7.02. The van der Waals surface area contributed by atoms with Crippen LogP contribution >= 0.6 is 0 Å². The van der Waals surface area contributed by atoms with Gasteiger partial charge in [-0.25, -0.2) is 0 Å². The zero-order valence-corrected chi connectivity index (χ0v) is 13.8. The normalized spacial score (nSPS) is 21.5. The van der Waals surface area contributed by atoms with E-state index in [4.69, 9.17) is 4.74 Å². The van der Waals surface area contributed by atoms with Gasteiger partial charge in [-0.2, -0.15) is 0 Å². The molecule has 1 aliphatic heterocycles. The Morgan fingerprint density at radius 3 is 2.50 bits per heavy atom. The smallest absolute Gasteiger partial charge is 0.306 e. The molecule has 0 aliphatic carbocycles. The van der Waals surface area contributed by atoms with Crippen LogP contribution in [-0.2, 0) is 14.3 Å². The van der Waals surface area contributed by atoms with Gasteiger partial charge >= 0.3 is 5.97 Å². The summed E-state index contributed by atoms with van der Waals surface area (Å²) < 4.78 is 5.33. The van der Waals surface area contributed by atoms with Gasteiger partial charge in [0.15, 0.2) is 0 Å². The lowest BCUT2D eigenvalue weighted by atomic mass is 9.89. The summed E-state index contributed by atoms with van der Waals surface area (Å²) in [6.07, 6.45) is 1.42. The number of hydrogen-bond donors (Lipinski definition) is 1. The molecule has 0 bridgehead atoms. The molecule has 1 aliphatic rings. The number of ether oxygens (including phenoxy) is 1. The highest BCUT2D eigenvalue weighted by Crippen LogP contribution is 2.31. The monoisotopic (exact) mass is 303 g/mol. The molecule has 4 heteroatoms. The van der Waals surface area contributed by atoms with E-state index in [-0.39, 0.29) is 23.8 Å². The molecular formula is C18H25NO3. The van der Waals surface area contributed by atoms with E-state index in [2.05, 4.69) is 29.6 Å². The summed E-state index contributed by atoms with van der Waals surface area (Å²) in [6.45, 7) is 7.62. The SMILES string of the molecule is Cc1ccc(C2CC(=O)NC2CCC(=O)OC(C)(C)C)cc1. The maximum absolute atomic E-state index is 11.8. The Kier molecular flexibility index (Phi) is 4.89. The zero-order chi connectivity index (χ0) is 16.3. The number of carbonyl (C=O) groups is 2. The number of amides is 1. The largest absolute Gasteiger partial charge is 0.460 e. The standard InChI is InChI=1S/C18H25NO3/c1-12-5-7-13(8-6-12)14-11-16(20)19-15(14)9-10-17(21)22-18(2,3)4/h5-8,14-15H,9-11H2,1-4H3,(H,19,20). The Labute approximate surface area is 132 Å². The van der Waals surface area contributed by atoms with Gasteiger partial charge in [-0.15, -0.1) is 0 Å². The van der Waals surface area contributed by atoms with Gasteiger partial charge in [-0.1, -0.05) is 29.8 Å². The maximum atomic E-state index is 11.8. The fourth-order valence-corrected chi connectivity index (χ4v) is 2.81. The highest BCUT2D eigenvalue weighted by molar-refractivity contribution is 5.80. The molecule has 1 amide bonds. The average Bonchev–Trinajstić information content (AvgIpc) is 2.76. The lowest BCUT2D eigenvalue weighted by molar-refractivity contribution is -0.155. The van der Waals surface area contributed by atoms with Crippen molar-refractivity contribution in [3.05, 3.63) is 35.4 Å². The van der Waals surface area contributed by atoms with E-state index >= 15 is 0 Å². The number of esters is 1. The predicted octanol–water partition coefficient (Wildman–Crippen LogP) is 3.09. The molecule has 2 rings (SSSR count). The molecule has 1 N–H and O–H groups in total.